The van der Waals surface area contributed by atoms with E-state index in [1.165, 1.54) is 5.56 Å². The van der Waals surface area contributed by atoms with E-state index in [2.05, 4.69) is 29.6 Å². The van der Waals surface area contributed by atoms with Gasteiger partial charge in [-0.15, -0.1) is 0 Å². The molecule has 0 atom stereocenters. The summed E-state index contributed by atoms with van der Waals surface area (Å²) in [5.74, 6) is -0.135. The van der Waals surface area contributed by atoms with E-state index in [1.54, 1.807) is 4.90 Å². The average molecular weight is 352 g/mol. The summed E-state index contributed by atoms with van der Waals surface area (Å²) in [5, 5.41) is 2.90. The summed E-state index contributed by atoms with van der Waals surface area (Å²) in [4.78, 5) is 26.6. The fraction of sp³-hybridized carbons (Fsp3) is 0.364. The SMILES string of the molecule is CCCN(CC(=O)Nc1ccccc1C)C(=O)CCc1ccc(C)cc1. The zero-order valence-corrected chi connectivity index (χ0v) is 15.9. The van der Waals surface area contributed by atoms with E-state index in [4.69, 9.17) is 0 Å². The Bertz CT molecular complexity index is 738. The molecule has 0 fully saturated rings. The molecule has 0 aliphatic heterocycles. The van der Waals surface area contributed by atoms with Crippen LogP contribution in [0, 0.1) is 13.8 Å². The number of carbonyl (C=O) groups excluding carboxylic acids is 2. The Morgan fingerprint density at radius 2 is 1.69 bits per heavy atom. The minimum absolute atomic E-state index is 0.0207. The van der Waals surface area contributed by atoms with Crippen LogP contribution in [0.2, 0.25) is 0 Å². The van der Waals surface area contributed by atoms with Crippen molar-refractivity contribution in [2.24, 2.45) is 0 Å². The Labute approximate surface area is 156 Å². The second-order valence-electron chi connectivity index (χ2n) is 6.66. The van der Waals surface area contributed by atoms with E-state index in [0.29, 0.717) is 19.4 Å². The van der Waals surface area contributed by atoms with Gasteiger partial charge in [0.25, 0.3) is 0 Å². The minimum atomic E-state index is -0.156. The smallest absolute Gasteiger partial charge is 0.244 e. The molecule has 0 saturated carbocycles. The molecule has 0 aliphatic carbocycles. The van der Waals surface area contributed by atoms with E-state index < -0.39 is 0 Å². The van der Waals surface area contributed by atoms with Gasteiger partial charge in [0.1, 0.15) is 0 Å². The summed E-state index contributed by atoms with van der Waals surface area (Å²) < 4.78 is 0. The Hall–Kier alpha value is -2.62. The molecular formula is C22H28N2O2. The molecule has 0 bridgehead atoms. The number of amides is 2. The van der Waals surface area contributed by atoms with Crippen LogP contribution in [0.1, 0.15) is 36.5 Å². The third-order valence-corrected chi connectivity index (χ3v) is 4.35. The molecule has 0 unspecified atom stereocenters. The van der Waals surface area contributed by atoms with Gasteiger partial charge in [0.05, 0.1) is 6.54 Å². The van der Waals surface area contributed by atoms with Gasteiger partial charge in [-0.05, 0) is 43.9 Å². The Morgan fingerprint density at radius 1 is 1.00 bits per heavy atom. The van der Waals surface area contributed by atoms with Crippen molar-refractivity contribution in [1.82, 2.24) is 4.90 Å². The summed E-state index contributed by atoms with van der Waals surface area (Å²) in [7, 11) is 0. The van der Waals surface area contributed by atoms with Crippen LogP contribution >= 0.6 is 0 Å². The lowest BCUT2D eigenvalue weighted by Crippen LogP contribution is -2.38. The van der Waals surface area contributed by atoms with Gasteiger partial charge in [0.15, 0.2) is 0 Å². The number of anilines is 1. The number of para-hydroxylation sites is 1. The molecule has 2 aromatic rings. The van der Waals surface area contributed by atoms with Crippen molar-refractivity contribution in [3.63, 3.8) is 0 Å². The molecule has 1 N–H and O–H groups in total. The largest absolute Gasteiger partial charge is 0.333 e. The van der Waals surface area contributed by atoms with Crippen molar-refractivity contribution >= 4 is 17.5 Å². The quantitative estimate of drug-likeness (QED) is 0.777. The second kappa shape index (κ2) is 9.76. The van der Waals surface area contributed by atoms with Crippen molar-refractivity contribution in [3.05, 3.63) is 65.2 Å². The summed E-state index contributed by atoms with van der Waals surface area (Å²) in [5.41, 5.74) is 4.15. The highest BCUT2D eigenvalue weighted by Gasteiger charge is 2.16. The lowest BCUT2D eigenvalue weighted by molar-refractivity contribution is -0.134. The van der Waals surface area contributed by atoms with Gasteiger partial charge in [-0.3, -0.25) is 9.59 Å². The maximum atomic E-state index is 12.6. The topological polar surface area (TPSA) is 49.4 Å². The highest BCUT2D eigenvalue weighted by Crippen LogP contribution is 2.13. The van der Waals surface area contributed by atoms with E-state index in [-0.39, 0.29) is 18.4 Å². The molecule has 0 aliphatic rings. The van der Waals surface area contributed by atoms with Crippen LogP contribution in [0.5, 0.6) is 0 Å². The van der Waals surface area contributed by atoms with Crippen molar-refractivity contribution < 1.29 is 9.59 Å². The number of hydrogen-bond donors (Lipinski definition) is 1. The number of aryl methyl sites for hydroxylation is 3. The van der Waals surface area contributed by atoms with Crippen molar-refractivity contribution in [2.75, 3.05) is 18.4 Å². The van der Waals surface area contributed by atoms with Crippen LogP contribution in [-0.4, -0.2) is 29.8 Å². The van der Waals surface area contributed by atoms with Gasteiger partial charge < -0.3 is 10.2 Å². The van der Waals surface area contributed by atoms with Gasteiger partial charge >= 0.3 is 0 Å². The van der Waals surface area contributed by atoms with E-state index >= 15 is 0 Å². The van der Waals surface area contributed by atoms with Crippen LogP contribution in [-0.2, 0) is 16.0 Å². The standard InChI is InChI=1S/C22H28N2O2/c1-4-15-24(16-21(25)23-20-8-6-5-7-18(20)3)22(26)14-13-19-11-9-17(2)10-12-19/h5-12H,4,13-16H2,1-3H3,(H,23,25). The predicted molar refractivity (Wildman–Crippen MR) is 106 cm³/mol. The first-order chi connectivity index (χ1) is 12.5. The van der Waals surface area contributed by atoms with Crippen molar-refractivity contribution in [3.8, 4) is 0 Å². The maximum absolute atomic E-state index is 12.6. The molecule has 2 rings (SSSR count). The number of carbonyl (C=O) groups is 2. The van der Waals surface area contributed by atoms with Gasteiger partial charge in [-0.1, -0.05) is 55.0 Å². The van der Waals surface area contributed by atoms with Crippen LogP contribution in [0.3, 0.4) is 0 Å². The molecule has 0 radical (unpaired) electrons. The molecule has 26 heavy (non-hydrogen) atoms. The fourth-order valence-electron chi connectivity index (χ4n) is 2.80. The zero-order chi connectivity index (χ0) is 18.9. The first kappa shape index (κ1) is 19.7. The highest BCUT2D eigenvalue weighted by molar-refractivity contribution is 5.95. The van der Waals surface area contributed by atoms with Crippen LogP contribution in [0.25, 0.3) is 0 Å². The van der Waals surface area contributed by atoms with E-state index in [1.807, 2.05) is 45.0 Å². The average Bonchev–Trinajstić information content (AvgIpc) is 2.62. The number of rotatable bonds is 8. The lowest BCUT2D eigenvalue weighted by Gasteiger charge is -2.22. The minimum Gasteiger partial charge on any atom is -0.333 e. The summed E-state index contributed by atoms with van der Waals surface area (Å²) >= 11 is 0. The van der Waals surface area contributed by atoms with Crippen LogP contribution in [0.4, 0.5) is 5.69 Å². The highest BCUT2D eigenvalue weighted by atomic mass is 16.2. The van der Waals surface area contributed by atoms with Crippen molar-refractivity contribution in [2.45, 2.75) is 40.0 Å². The first-order valence-electron chi connectivity index (χ1n) is 9.18. The molecule has 0 aromatic heterocycles. The van der Waals surface area contributed by atoms with Gasteiger partial charge in [-0.25, -0.2) is 0 Å². The molecule has 2 amide bonds. The third kappa shape index (κ3) is 6.03. The monoisotopic (exact) mass is 352 g/mol. The number of benzene rings is 2. The Balaban J connectivity index is 1.91. The second-order valence-corrected chi connectivity index (χ2v) is 6.66. The van der Waals surface area contributed by atoms with Gasteiger partial charge in [0.2, 0.25) is 11.8 Å². The first-order valence-corrected chi connectivity index (χ1v) is 9.18. The molecule has 4 nitrogen and oxygen atoms in total. The lowest BCUT2D eigenvalue weighted by atomic mass is 10.1. The maximum Gasteiger partial charge on any atom is 0.244 e. The Kier molecular flexibility index (Phi) is 7.39. The summed E-state index contributed by atoms with van der Waals surface area (Å²) in [6.07, 6.45) is 1.94. The van der Waals surface area contributed by atoms with E-state index in [0.717, 1.165) is 23.2 Å². The predicted octanol–water partition coefficient (Wildman–Crippen LogP) is 4.11. The third-order valence-electron chi connectivity index (χ3n) is 4.35. The van der Waals surface area contributed by atoms with Crippen molar-refractivity contribution in [1.29, 1.82) is 0 Å². The molecule has 0 saturated heterocycles. The van der Waals surface area contributed by atoms with Gasteiger partial charge in [-0.2, -0.15) is 0 Å². The van der Waals surface area contributed by atoms with Gasteiger partial charge in [0, 0.05) is 18.7 Å². The van der Waals surface area contributed by atoms with E-state index in [9.17, 15) is 9.59 Å². The molecule has 0 spiro atoms. The molecule has 138 valence electrons. The normalized spacial score (nSPS) is 10.4. The molecule has 2 aromatic carbocycles. The number of nitrogens with one attached hydrogen (secondary N) is 1. The molecule has 0 heterocycles. The Morgan fingerprint density at radius 3 is 2.35 bits per heavy atom. The number of nitrogens with zero attached hydrogens (tertiary/aromatic N) is 1. The summed E-state index contributed by atoms with van der Waals surface area (Å²) in [6.45, 7) is 6.69. The molecule has 4 heteroatoms. The zero-order valence-electron chi connectivity index (χ0n) is 15.9. The molecular weight excluding hydrogens is 324 g/mol. The summed E-state index contributed by atoms with van der Waals surface area (Å²) in [6, 6.07) is 15.9. The van der Waals surface area contributed by atoms with Crippen LogP contribution in [0.15, 0.2) is 48.5 Å². The van der Waals surface area contributed by atoms with Crippen LogP contribution < -0.4 is 5.32 Å². The fourth-order valence-corrected chi connectivity index (χ4v) is 2.80. The number of hydrogen-bond acceptors (Lipinski definition) is 2.